The van der Waals surface area contributed by atoms with Gasteiger partial charge in [-0.15, -0.1) is 0 Å². The number of carbonyl (C=O) groups is 4. The Morgan fingerprint density at radius 3 is 2.24 bits per heavy atom. The van der Waals surface area contributed by atoms with Gasteiger partial charge >= 0.3 is 0 Å². The molecule has 6 unspecified atom stereocenters. The van der Waals surface area contributed by atoms with E-state index in [-0.39, 0.29) is 30.0 Å². The topological polar surface area (TPSA) is 138 Å². The second-order valence-electron chi connectivity index (χ2n) is 13.4. The number of fused-ring (bicyclic) bond motifs is 4. The molecule has 0 bridgehead atoms. The molecule has 250 valence electrons. The number of halogens is 1. The fourth-order valence-corrected chi connectivity index (χ4v) is 9.17. The van der Waals surface area contributed by atoms with Crippen molar-refractivity contribution in [3.63, 3.8) is 0 Å². The number of aromatic hydroxyl groups is 1. The van der Waals surface area contributed by atoms with Crippen LogP contribution in [0.5, 0.6) is 5.75 Å². The van der Waals surface area contributed by atoms with E-state index in [4.69, 9.17) is 11.6 Å². The lowest BCUT2D eigenvalue weighted by Gasteiger charge is -2.50. The van der Waals surface area contributed by atoms with Crippen LogP contribution in [0.25, 0.3) is 0 Å². The molecule has 4 aliphatic rings. The van der Waals surface area contributed by atoms with Crippen LogP contribution < -0.4 is 9.80 Å². The Hall–Kier alpha value is -5.61. The zero-order chi connectivity index (χ0) is 35.1. The number of para-hydroxylation sites is 1. The number of nitro groups is 1. The monoisotopic (exact) mass is 687 g/mol. The predicted octanol–water partition coefficient (Wildman–Crippen LogP) is 6.63. The first-order valence-corrected chi connectivity index (χ1v) is 16.7. The lowest BCUT2D eigenvalue weighted by molar-refractivity contribution is -0.384. The van der Waals surface area contributed by atoms with E-state index in [1.54, 1.807) is 49.4 Å². The van der Waals surface area contributed by atoms with Gasteiger partial charge in [0.2, 0.25) is 23.6 Å². The van der Waals surface area contributed by atoms with Crippen molar-refractivity contribution in [3.8, 4) is 5.75 Å². The van der Waals surface area contributed by atoms with E-state index in [1.165, 1.54) is 29.2 Å². The second-order valence-corrected chi connectivity index (χ2v) is 13.8. The molecule has 2 heterocycles. The molecule has 1 saturated carbocycles. The summed E-state index contributed by atoms with van der Waals surface area (Å²) in [7, 11) is 0. The van der Waals surface area contributed by atoms with Gasteiger partial charge in [0.15, 0.2) is 0 Å². The van der Waals surface area contributed by atoms with Crippen molar-refractivity contribution in [1.82, 2.24) is 0 Å². The molecule has 8 rings (SSSR count). The van der Waals surface area contributed by atoms with Gasteiger partial charge in [0.1, 0.15) is 5.75 Å². The largest absolute Gasteiger partial charge is 0.507 e. The molecule has 0 spiro atoms. The number of aryl methyl sites for hydroxylation is 1. The summed E-state index contributed by atoms with van der Waals surface area (Å²) < 4.78 is 0. The van der Waals surface area contributed by atoms with Crippen LogP contribution in [0.1, 0.15) is 35.4 Å². The van der Waals surface area contributed by atoms with Gasteiger partial charge in [-0.25, -0.2) is 4.90 Å². The lowest BCUT2D eigenvalue weighted by Crippen LogP contribution is -2.53. The van der Waals surface area contributed by atoms with Gasteiger partial charge in [0.25, 0.3) is 5.69 Å². The van der Waals surface area contributed by atoms with Crippen LogP contribution in [0, 0.1) is 40.7 Å². The van der Waals surface area contributed by atoms with Crippen molar-refractivity contribution in [2.75, 3.05) is 9.80 Å². The zero-order valence-corrected chi connectivity index (χ0v) is 27.5. The van der Waals surface area contributed by atoms with E-state index in [2.05, 4.69) is 0 Å². The lowest BCUT2D eigenvalue weighted by atomic mass is 9.49. The third-order valence-corrected chi connectivity index (χ3v) is 11.3. The summed E-state index contributed by atoms with van der Waals surface area (Å²) in [6.07, 6.45) is 2.21. The summed E-state index contributed by atoms with van der Waals surface area (Å²) in [5.74, 6) is -5.89. The maximum atomic E-state index is 15.3. The Morgan fingerprint density at radius 1 is 0.820 bits per heavy atom. The minimum atomic E-state index is -1.51. The number of hydrogen-bond donors (Lipinski definition) is 1. The minimum absolute atomic E-state index is 0.0157. The van der Waals surface area contributed by atoms with E-state index in [0.717, 1.165) is 4.90 Å². The Morgan fingerprint density at radius 2 is 1.54 bits per heavy atom. The highest BCUT2D eigenvalue weighted by Gasteiger charge is 2.70. The number of non-ortho nitro benzene ring substituents is 1. The molecule has 11 heteroatoms. The molecular weight excluding hydrogens is 658 g/mol. The SMILES string of the molecule is Cc1cccc(C2C3=CCC4C(=O)N(c5ccc([N+](=O)[O-])cc5)C(=O)C4C3CC3C(=O)N(c4cccc(Cl)c4)C(=O)C32c2ccccc2)c1O. The molecule has 10 nitrogen and oxygen atoms in total. The van der Waals surface area contributed by atoms with Crippen LogP contribution in [-0.2, 0) is 24.6 Å². The van der Waals surface area contributed by atoms with E-state index in [1.807, 2.05) is 36.4 Å². The summed E-state index contributed by atoms with van der Waals surface area (Å²) in [6.45, 7) is 1.76. The van der Waals surface area contributed by atoms with Gasteiger partial charge in [-0.05, 0) is 67.1 Å². The highest BCUT2D eigenvalue weighted by atomic mass is 35.5. The molecule has 2 aliphatic heterocycles. The molecule has 3 fully saturated rings. The number of nitrogens with zero attached hydrogens (tertiary/aromatic N) is 3. The number of allylic oxidation sites excluding steroid dienone is 2. The average Bonchev–Trinajstić information content (AvgIpc) is 3.50. The molecule has 4 aromatic rings. The van der Waals surface area contributed by atoms with Crippen LogP contribution >= 0.6 is 11.6 Å². The fourth-order valence-electron chi connectivity index (χ4n) is 8.98. The predicted molar refractivity (Wildman–Crippen MR) is 185 cm³/mol. The van der Waals surface area contributed by atoms with Gasteiger partial charge in [-0.3, -0.25) is 34.2 Å². The number of carbonyl (C=O) groups excluding carboxylic acids is 4. The fraction of sp³-hybridized carbons (Fsp3) is 0.231. The summed E-state index contributed by atoms with van der Waals surface area (Å²) >= 11 is 6.37. The van der Waals surface area contributed by atoms with Crippen LogP contribution in [0.15, 0.2) is 109 Å². The molecule has 2 aliphatic carbocycles. The number of phenolic OH excluding ortho intramolecular Hbond substituents is 1. The number of anilines is 2. The number of rotatable bonds is 5. The Balaban J connectivity index is 1.34. The van der Waals surface area contributed by atoms with Crippen molar-refractivity contribution >= 4 is 52.3 Å². The second kappa shape index (κ2) is 11.5. The third kappa shape index (κ3) is 4.34. The average molecular weight is 688 g/mol. The third-order valence-electron chi connectivity index (χ3n) is 11.1. The number of benzene rings is 4. The van der Waals surface area contributed by atoms with Crippen LogP contribution in [0.2, 0.25) is 5.02 Å². The summed E-state index contributed by atoms with van der Waals surface area (Å²) in [4.78, 5) is 71.5. The first-order valence-electron chi connectivity index (χ1n) is 16.4. The molecule has 0 aromatic heterocycles. The molecule has 0 radical (unpaired) electrons. The van der Waals surface area contributed by atoms with E-state index in [0.29, 0.717) is 33.0 Å². The van der Waals surface area contributed by atoms with Crippen LogP contribution in [0.4, 0.5) is 17.1 Å². The zero-order valence-electron chi connectivity index (χ0n) is 26.7. The maximum Gasteiger partial charge on any atom is 0.269 e. The summed E-state index contributed by atoms with van der Waals surface area (Å²) in [5, 5.41) is 23.3. The van der Waals surface area contributed by atoms with Gasteiger partial charge in [-0.2, -0.15) is 0 Å². The van der Waals surface area contributed by atoms with Crippen molar-refractivity contribution in [2.24, 2.45) is 23.7 Å². The molecule has 50 heavy (non-hydrogen) atoms. The first kappa shape index (κ1) is 31.6. The smallest absolute Gasteiger partial charge is 0.269 e. The van der Waals surface area contributed by atoms with Crippen molar-refractivity contribution < 1.29 is 29.2 Å². The highest BCUT2D eigenvalue weighted by Crippen LogP contribution is 2.65. The van der Waals surface area contributed by atoms with Crippen molar-refractivity contribution in [2.45, 2.75) is 31.1 Å². The molecular formula is C39H30ClN3O7. The van der Waals surface area contributed by atoms with Crippen LogP contribution in [0.3, 0.4) is 0 Å². The Labute approximate surface area is 291 Å². The number of nitro benzene ring substituents is 1. The number of imide groups is 2. The van der Waals surface area contributed by atoms with Gasteiger partial charge < -0.3 is 5.11 Å². The molecule has 1 N–H and O–H groups in total. The normalized spacial score (nSPS) is 27.2. The Bertz CT molecular complexity index is 2170. The van der Waals surface area contributed by atoms with E-state index >= 15 is 4.79 Å². The first-order chi connectivity index (χ1) is 24.0. The number of phenols is 1. The maximum absolute atomic E-state index is 15.3. The van der Waals surface area contributed by atoms with Crippen LogP contribution in [-0.4, -0.2) is 33.7 Å². The number of hydrogen-bond acceptors (Lipinski definition) is 7. The van der Waals surface area contributed by atoms with Gasteiger partial charge in [-0.1, -0.05) is 77.8 Å². The van der Waals surface area contributed by atoms with Crippen molar-refractivity contribution in [3.05, 3.63) is 141 Å². The standard InChI is InChI=1S/C39H30ClN3O7/c1-21-7-5-12-29(34(21)44)33-27-17-18-28-32(37(47)41(35(28)45)24-13-15-25(16-14-24)43(49)50)30(27)20-31-36(46)42(26-11-6-10-23(40)19-26)38(48)39(31,33)22-8-3-2-4-9-22/h2-17,19,28,30-33,44H,18,20H2,1H3. The highest BCUT2D eigenvalue weighted by molar-refractivity contribution is 6.32. The molecule has 4 aromatic carbocycles. The molecule has 2 saturated heterocycles. The quantitative estimate of drug-likeness (QED) is 0.108. The molecule has 6 atom stereocenters. The Kier molecular flexibility index (Phi) is 7.27. The van der Waals surface area contributed by atoms with E-state index in [9.17, 15) is 29.6 Å². The van der Waals surface area contributed by atoms with E-state index < -0.39 is 63.6 Å². The number of amides is 4. The molecule has 4 amide bonds. The van der Waals surface area contributed by atoms with Gasteiger partial charge in [0.05, 0.1) is 39.5 Å². The van der Waals surface area contributed by atoms with Gasteiger partial charge in [0, 0.05) is 28.6 Å². The van der Waals surface area contributed by atoms with Crippen molar-refractivity contribution in [1.29, 1.82) is 0 Å². The minimum Gasteiger partial charge on any atom is -0.507 e. The summed E-state index contributed by atoms with van der Waals surface area (Å²) in [6, 6.07) is 26.2. The summed E-state index contributed by atoms with van der Waals surface area (Å²) in [5.41, 5.74) is 1.21.